The topological polar surface area (TPSA) is 12.4 Å². The minimum Gasteiger partial charge on any atom is -0.229 e. The third-order valence-electron chi connectivity index (χ3n) is 2.92. The molecule has 0 radical (unpaired) electrons. The van der Waals surface area contributed by atoms with Crippen LogP contribution in [0.15, 0.2) is 4.99 Å². The van der Waals surface area contributed by atoms with E-state index in [0.29, 0.717) is 6.04 Å². The highest BCUT2D eigenvalue weighted by Gasteiger charge is 2.39. The van der Waals surface area contributed by atoms with Crippen molar-refractivity contribution in [3.8, 4) is 0 Å². The Morgan fingerprint density at radius 3 is 2.70 bits per heavy atom. The molecule has 0 aliphatic heterocycles. The van der Waals surface area contributed by atoms with Gasteiger partial charge >= 0.3 is 0 Å². The Morgan fingerprint density at radius 2 is 2.20 bits per heavy atom. The molecule has 2 saturated carbocycles. The number of hydrogen-bond donors (Lipinski definition) is 0. The first kappa shape index (κ1) is 6.51. The molecular formula is C8H11NS. The Balaban J connectivity index is 2.08. The molecule has 2 rings (SSSR count). The van der Waals surface area contributed by atoms with Gasteiger partial charge in [0.05, 0.1) is 11.2 Å². The fourth-order valence-corrected chi connectivity index (χ4v) is 2.57. The Hall–Kier alpha value is -0.200. The van der Waals surface area contributed by atoms with E-state index in [9.17, 15) is 0 Å². The van der Waals surface area contributed by atoms with Crippen molar-refractivity contribution in [1.82, 2.24) is 0 Å². The van der Waals surface area contributed by atoms with Crippen molar-refractivity contribution in [1.29, 1.82) is 0 Å². The number of isothiocyanates is 1. The second-order valence-corrected chi connectivity index (χ2v) is 3.65. The van der Waals surface area contributed by atoms with Crippen LogP contribution in [-0.2, 0) is 0 Å². The van der Waals surface area contributed by atoms with Crippen molar-refractivity contribution >= 4 is 17.4 Å². The first-order valence-electron chi connectivity index (χ1n) is 3.97. The predicted octanol–water partition coefficient (Wildman–Crippen LogP) is 2.28. The molecule has 0 N–H and O–H groups in total. The molecule has 2 aliphatic carbocycles. The standard InChI is InChI=1S/C8H11NS/c10-5-9-8-4-6-1-2-7(8)3-6/h6-8H,1-4H2/t6-,7+,8+/m0/s1. The van der Waals surface area contributed by atoms with Crippen molar-refractivity contribution in [2.75, 3.05) is 0 Å². The zero-order chi connectivity index (χ0) is 6.97. The minimum atomic E-state index is 0.552. The quantitative estimate of drug-likeness (QED) is 0.416. The van der Waals surface area contributed by atoms with Gasteiger partial charge in [-0.2, -0.15) is 0 Å². The van der Waals surface area contributed by atoms with Crippen LogP contribution < -0.4 is 0 Å². The summed E-state index contributed by atoms with van der Waals surface area (Å²) in [6.07, 6.45) is 5.52. The summed E-state index contributed by atoms with van der Waals surface area (Å²) < 4.78 is 0. The summed E-state index contributed by atoms with van der Waals surface area (Å²) >= 11 is 4.59. The Bertz CT molecular complexity index is 184. The maximum Gasteiger partial charge on any atom is 0.0633 e. The van der Waals surface area contributed by atoms with Gasteiger partial charge < -0.3 is 0 Å². The summed E-state index contributed by atoms with van der Waals surface area (Å²) in [5.41, 5.74) is 0. The first-order valence-corrected chi connectivity index (χ1v) is 4.38. The highest BCUT2D eigenvalue weighted by molar-refractivity contribution is 7.78. The van der Waals surface area contributed by atoms with Crippen LogP contribution in [0, 0.1) is 11.8 Å². The molecule has 2 fully saturated rings. The highest BCUT2D eigenvalue weighted by Crippen LogP contribution is 2.45. The lowest BCUT2D eigenvalue weighted by Crippen LogP contribution is -2.13. The highest BCUT2D eigenvalue weighted by atomic mass is 32.1. The van der Waals surface area contributed by atoms with Gasteiger partial charge in [0.25, 0.3) is 0 Å². The van der Waals surface area contributed by atoms with Crippen LogP contribution in [-0.4, -0.2) is 11.2 Å². The Morgan fingerprint density at radius 1 is 1.30 bits per heavy atom. The summed E-state index contributed by atoms with van der Waals surface area (Å²) in [4.78, 5) is 4.17. The van der Waals surface area contributed by atoms with E-state index in [0.717, 1.165) is 11.8 Å². The van der Waals surface area contributed by atoms with Crippen LogP contribution in [0.2, 0.25) is 0 Å². The number of fused-ring (bicyclic) bond motifs is 2. The molecule has 2 aliphatic rings. The molecule has 1 nitrogen and oxygen atoms in total. The molecular weight excluding hydrogens is 142 g/mol. The van der Waals surface area contributed by atoms with E-state index in [-0.39, 0.29) is 0 Å². The zero-order valence-corrected chi connectivity index (χ0v) is 6.73. The van der Waals surface area contributed by atoms with E-state index in [1.54, 1.807) is 0 Å². The molecule has 10 heavy (non-hydrogen) atoms. The van der Waals surface area contributed by atoms with Crippen LogP contribution in [0.3, 0.4) is 0 Å². The minimum absolute atomic E-state index is 0.552. The van der Waals surface area contributed by atoms with E-state index in [4.69, 9.17) is 0 Å². The maximum atomic E-state index is 4.59. The third-order valence-corrected chi connectivity index (χ3v) is 3.02. The summed E-state index contributed by atoms with van der Waals surface area (Å²) in [6.45, 7) is 0. The van der Waals surface area contributed by atoms with Crippen LogP contribution in [0.4, 0.5) is 0 Å². The summed E-state index contributed by atoms with van der Waals surface area (Å²) in [7, 11) is 0. The van der Waals surface area contributed by atoms with Crippen LogP contribution in [0.25, 0.3) is 0 Å². The van der Waals surface area contributed by atoms with Crippen molar-refractivity contribution in [2.24, 2.45) is 16.8 Å². The van der Waals surface area contributed by atoms with Crippen molar-refractivity contribution in [3.63, 3.8) is 0 Å². The Kier molecular flexibility index (Phi) is 1.59. The number of aliphatic imine (C=N–C) groups is 1. The van der Waals surface area contributed by atoms with Crippen molar-refractivity contribution in [2.45, 2.75) is 31.7 Å². The van der Waals surface area contributed by atoms with E-state index in [2.05, 4.69) is 22.4 Å². The van der Waals surface area contributed by atoms with Gasteiger partial charge in [-0.3, -0.25) is 0 Å². The number of rotatable bonds is 1. The number of thiocarbonyl (C=S) groups is 1. The normalized spacial score (nSPS) is 43.4. The molecule has 0 unspecified atom stereocenters. The van der Waals surface area contributed by atoms with Gasteiger partial charge in [-0.1, -0.05) is 6.42 Å². The predicted molar refractivity (Wildman–Crippen MR) is 44.3 cm³/mol. The molecule has 2 heteroatoms. The molecule has 3 atom stereocenters. The summed E-state index contributed by atoms with van der Waals surface area (Å²) in [5, 5.41) is 2.50. The van der Waals surface area contributed by atoms with Gasteiger partial charge in [0.15, 0.2) is 0 Å². The molecule has 0 aromatic heterocycles. The molecule has 2 bridgehead atoms. The molecule has 0 spiro atoms. The van der Waals surface area contributed by atoms with E-state index in [1.165, 1.54) is 25.7 Å². The molecule has 0 heterocycles. The lowest BCUT2D eigenvalue weighted by Gasteiger charge is -2.15. The summed E-state index contributed by atoms with van der Waals surface area (Å²) in [5.74, 6) is 1.84. The average Bonchev–Trinajstić information content (AvgIpc) is 2.48. The molecule has 0 amide bonds. The maximum absolute atomic E-state index is 4.59. The van der Waals surface area contributed by atoms with Gasteiger partial charge in [0.1, 0.15) is 0 Å². The zero-order valence-electron chi connectivity index (χ0n) is 5.92. The second-order valence-electron chi connectivity index (χ2n) is 3.46. The average molecular weight is 153 g/mol. The molecule has 54 valence electrons. The van der Waals surface area contributed by atoms with Gasteiger partial charge in [0.2, 0.25) is 0 Å². The fraction of sp³-hybridized carbons (Fsp3) is 0.875. The van der Waals surface area contributed by atoms with Gasteiger partial charge in [-0.15, -0.1) is 0 Å². The smallest absolute Gasteiger partial charge is 0.0633 e. The van der Waals surface area contributed by atoms with E-state index < -0.39 is 0 Å². The largest absolute Gasteiger partial charge is 0.229 e. The van der Waals surface area contributed by atoms with E-state index >= 15 is 0 Å². The third kappa shape index (κ3) is 0.920. The number of nitrogens with zero attached hydrogens (tertiary/aromatic N) is 1. The molecule has 0 saturated heterocycles. The fourth-order valence-electron chi connectivity index (χ4n) is 2.44. The monoisotopic (exact) mass is 153 g/mol. The van der Waals surface area contributed by atoms with Crippen molar-refractivity contribution < 1.29 is 0 Å². The first-order chi connectivity index (χ1) is 4.90. The molecule has 0 aromatic rings. The van der Waals surface area contributed by atoms with Crippen LogP contribution >= 0.6 is 12.2 Å². The van der Waals surface area contributed by atoms with Gasteiger partial charge in [0, 0.05) is 0 Å². The lowest BCUT2D eigenvalue weighted by molar-refractivity contribution is 0.422. The molecule has 0 aromatic carbocycles. The van der Waals surface area contributed by atoms with Crippen molar-refractivity contribution in [3.05, 3.63) is 0 Å². The SMILES string of the molecule is S=C=N[C@@H]1C[C@H]2CC[C@@H]1C2. The summed E-state index contributed by atoms with van der Waals surface area (Å²) in [6, 6.07) is 0.552. The van der Waals surface area contributed by atoms with Crippen LogP contribution in [0.1, 0.15) is 25.7 Å². The second kappa shape index (κ2) is 2.44. The lowest BCUT2D eigenvalue weighted by atomic mass is 9.96. The number of hydrogen-bond acceptors (Lipinski definition) is 2. The van der Waals surface area contributed by atoms with E-state index in [1.807, 2.05) is 0 Å². The van der Waals surface area contributed by atoms with Crippen LogP contribution in [0.5, 0.6) is 0 Å². The Labute approximate surface area is 66.5 Å². The van der Waals surface area contributed by atoms with Gasteiger partial charge in [-0.25, -0.2) is 4.99 Å². The van der Waals surface area contributed by atoms with Gasteiger partial charge in [-0.05, 0) is 43.3 Å².